The lowest BCUT2D eigenvalue weighted by Crippen LogP contribution is -2.09. The van der Waals surface area contributed by atoms with Gasteiger partial charge in [0.15, 0.2) is 0 Å². The number of ether oxygens (including phenoxy) is 1. The third kappa shape index (κ3) is 2.94. The van der Waals surface area contributed by atoms with Crippen molar-refractivity contribution in [3.8, 4) is 5.88 Å². The van der Waals surface area contributed by atoms with Crippen LogP contribution in [0.2, 0.25) is 0 Å². The van der Waals surface area contributed by atoms with E-state index in [1.807, 2.05) is 13.8 Å². The smallest absolute Gasteiger partial charge is 0.416 e. The van der Waals surface area contributed by atoms with Crippen LogP contribution in [0.5, 0.6) is 5.88 Å². The first kappa shape index (κ1) is 13.6. The summed E-state index contributed by atoms with van der Waals surface area (Å²) < 4.78 is 43.2. The van der Waals surface area contributed by atoms with Crippen LogP contribution in [0, 0.1) is 6.92 Å². The Morgan fingerprint density at radius 2 is 1.79 bits per heavy atom. The number of halogens is 3. The molecule has 0 aliphatic carbocycles. The van der Waals surface area contributed by atoms with Gasteiger partial charge in [-0.15, -0.1) is 0 Å². The molecule has 0 atom stereocenters. The summed E-state index contributed by atoms with van der Waals surface area (Å²) in [5, 5.41) is 0. The van der Waals surface area contributed by atoms with Gasteiger partial charge < -0.3 is 4.74 Å². The maximum Gasteiger partial charge on any atom is 0.416 e. The quantitative estimate of drug-likeness (QED) is 0.833. The minimum atomic E-state index is -4.38. The molecule has 0 fully saturated rings. The van der Waals surface area contributed by atoms with Crippen molar-refractivity contribution in [1.29, 1.82) is 0 Å². The van der Waals surface area contributed by atoms with Crippen LogP contribution in [0.15, 0.2) is 18.2 Å². The Labute approximate surface area is 108 Å². The van der Waals surface area contributed by atoms with E-state index in [0.29, 0.717) is 17.1 Å². The van der Waals surface area contributed by atoms with Crippen LogP contribution in [-0.4, -0.2) is 16.1 Å². The predicted molar refractivity (Wildman–Crippen MR) is 65.0 cm³/mol. The number of hydrogen-bond acceptors (Lipinski definition) is 3. The molecule has 6 heteroatoms. The Balaban J connectivity index is 2.52. The van der Waals surface area contributed by atoms with Crippen LogP contribution in [-0.2, 0) is 6.18 Å². The molecule has 0 saturated carbocycles. The number of hydrogen-bond donors (Lipinski definition) is 0. The van der Waals surface area contributed by atoms with Crippen molar-refractivity contribution in [3.05, 3.63) is 29.5 Å². The number of aromatic nitrogens is 2. The van der Waals surface area contributed by atoms with Crippen LogP contribution in [0.3, 0.4) is 0 Å². The normalized spacial score (nSPS) is 12.2. The molecule has 0 unspecified atom stereocenters. The first-order chi connectivity index (χ1) is 8.77. The molecule has 0 bridgehead atoms. The van der Waals surface area contributed by atoms with Gasteiger partial charge in [0.1, 0.15) is 5.69 Å². The first-order valence-corrected chi connectivity index (χ1v) is 5.79. The molecule has 1 aromatic heterocycles. The molecule has 0 aliphatic heterocycles. The highest BCUT2D eigenvalue weighted by Gasteiger charge is 2.30. The minimum absolute atomic E-state index is 0.0695. The van der Waals surface area contributed by atoms with Crippen molar-refractivity contribution in [2.45, 2.75) is 33.1 Å². The van der Waals surface area contributed by atoms with Crippen LogP contribution in [0.25, 0.3) is 11.0 Å². The van der Waals surface area contributed by atoms with Crippen LogP contribution < -0.4 is 4.74 Å². The third-order valence-corrected chi connectivity index (χ3v) is 2.47. The van der Waals surface area contributed by atoms with E-state index in [9.17, 15) is 13.2 Å². The molecule has 0 amide bonds. The number of benzene rings is 1. The zero-order valence-corrected chi connectivity index (χ0v) is 10.7. The van der Waals surface area contributed by atoms with E-state index in [1.165, 1.54) is 6.07 Å². The molecule has 2 rings (SSSR count). The van der Waals surface area contributed by atoms with E-state index in [2.05, 4.69) is 9.97 Å². The zero-order valence-electron chi connectivity index (χ0n) is 10.7. The lowest BCUT2D eigenvalue weighted by molar-refractivity contribution is -0.137. The highest BCUT2D eigenvalue weighted by molar-refractivity contribution is 5.76. The van der Waals surface area contributed by atoms with Gasteiger partial charge >= 0.3 is 6.18 Å². The van der Waals surface area contributed by atoms with Crippen molar-refractivity contribution in [3.63, 3.8) is 0 Å². The van der Waals surface area contributed by atoms with Gasteiger partial charge in [-0.2, -0.15) is 13.2 Å². The fourth-order valence-corrected chi connectivity index (χ4v) is 1.64. The fourth-order valence-electron chi connectivity index (χ4n) is 1.64. The van der Waals surface area contributed by atoms with Crippen molar-refractivity contribution in [1.82, 2.24) is 9.97 Å². The van der Waals surface area contributed by atoms with Crippen LogP contribution in [0.1, 0.15) is 25.1 Å². The van der Waals surface area contributed by atoms with Crippen molar-refractivity contribution in [2.75, 3.05) is 0 Å². The molecule has 2 aromatic rings. The maximum atomic E-state index is 12.6. The molecular formula is C13H13F3N2O. The fraction of sp³-hybridized carbons (Fsp3) is 0.385. The molecule has 102 valence electrons. The standard InChI is InChI=1S/C13H13F3N2O/c1-7(2)19-12-8(3)17-11-6-9(13(14,15)16)4-5-10(11)18-12/h4-7H,1-3H3. The van der Waals surface area contributed by atoms with E-state index < -0.39 is 11.7 Å². The Hall–Kier alpha value is -1.85. The van der Waals surface area contributed by atoms with Gasteiger partial charge in [-0.25, -0.2) is 9.97 Å². The Morgan fingerprint density at radius 1 is 1.11 bits per heavy atom. The van der Waals surface area contributed by atoms with E-state index in [0.717, 1.165) is 12.1 Å². The summed E-state index contributed by atoms with van der Waals surface area (Å²) in [5.41, 5.74) is 0.337. The van der Waals surface area contributed by atoms with Gasteiger partial charge in [0.05, 0.1) is 22.7 Å². The minimum Gasteiger partial charge on any atom is -0.474 e. The number of aryl methyl sites for hydroxylation is 1. The second-order valence-corrected chi connectivity index (χ2v) is 4.48. The largest absolute Gasteiger partial charge is 0.474 e. The molecule has 0 aliphatic rings. The van der Waals surface area contributed by atoms with Gasteiger partial charge in [0.25, 0.3) is 0 Å². The molecule has 19 heavy (non-hydrogen) atoms. The molecule has 3 nitrogen and oxygen atoms in total. The van der Waals surface area contributed by atoms with Crippen LogP contribution in [0.4, 0.5) is 13.2 Å². The van der Waals surface area contributed by atoms with E-state index >= 15 is 0 Å². The molecular weight excluding hydrogens is 257 g/mol. The van der Waals surface area contributed by atoms with E-state index in [-0.39, 0.29) is 11.6 Å². The maximum absolute atomic E-state index is 12.6. The lowest BCUT2D eigenvalue weighted by atomic mass is 10.2. The second kappa shape index (κ2) is 4.68. The lowest BCUT2D eigenvalue weighted by Gasteiger charge is -2.12. The Morgan fingerprint density at radius 3 is 2.37 bits per heavy atom. The van der Waals surface area contributed by atoms with Crippen molar-refractivity contribution < 1.29 is 17.9 Å². The highest BCUT2D eigenvalue weighted by atomic mass is 19.4. The second-order valence-electron chi connectivity index (χ2n) is 4.48. The third-order valence-electron chi connectivity index (χ3n) is 2.47. The number of nitrogens with zero attached hydrogens (tertiary/aromatic N) is 2. The molecule has 0 N–H and O–H groups in total. The summed E-state index contributed by atoms with van der Waals surface area (Å²) in [6.45, 7) is 5.35. The molecule has 0 radical (unpaired) electrons. The van der Waals surface area contributed by atoms with E-state index in [4.69, 9.17) is 4.74 Å². The summed E-state index contributed by atoms with van der Waals surface area (Å²) in [7, 11) is 0. The van der Waals surface area contributed by atoms with Gasteiger partial charge in [0, 0.05) is 0 Å². The number of fused-ring (bicyclic) bond motifs is 1. The van der Waals surface area contributed by atoms with Gasteiger partial charge in [-0.05, 0) is 39.0 Å². The average Bonchev–Trinajstić information content (AvgIpc) is 2.27. The SMILES string of the molecule is Cc1nc2cc(C(F)(F)F)ccc2nc1OC(C)C. The summed E-state index contributed by atoms with van der Waals surface area (Å²) in [6.07, 6.45) is -4.45. The Kier molecular flexibility index (Phi) is 3.34. The van der Waals surface area contributed by atoms with Gasteiger partial charge in [0.2, 0.25) is 5.88 Å². The molecule has 1 heterocycles. The predicted octanol–water partition coefficient (Wildman–Crippen LogP) is 3.74. The van der Waals surface area contributed by atoms with Crippen molar-refractivity contribution >= 4 is 11.0 Å². The molecule has 0 spiro atoms. The summed E-state index contributed by atoms with van der Waals surface area (Å²) in [5.74, 6) is 0.349. The summed E-state index contributed by atoms with van der Waals surface area (Å²) in [4.78, 5) is 8.30. The number of alkyl halides is 3. The van der Waals surface area contributed by atoms with E-state index in [1.54, 1.807) is 6.92 Å². The Bertz CT molecular complexity index is 609. The molecule has 0 saturated heterocycles. The molecule has 1 aromatic carbocycles. The summed E-state index contributed by atoms with van der Waals surface area (Å²) >= 11 is 0. The monoisotopic (exact) mass is 270 g/mol. The van der Waals surface area contributed by atoms with Crippen LogP contribution >= 0.6 is 0 Å². The average molecular weight is 270 g/mol. The topological polar surface area (TPSA) is 35.0 Å². The first-order valence-electron chi connectivity index (χ1n) is 5.79. The summed E-state index contributed by atoms with van der Waals surface area (Å²) in [6, 6.07) is 3.29. The number of rotatable bonds is 2. The van der Waals surface area contributed by atoms with Gasteiger partial charge in [-0.3, -0.25) is 0 Å². The van der Waals surface area contributed by atoms with Gasteiger partial charge in [-0.1, -0.05) is 0 Å². The zero-order chi connectivity index (χ0) is 14.2. The van der Waals surface area contributed by atoms with Crippen molar-refractivity contribution in [2.24, 2.45) is 0 Å². The highest BCUT2D eigenvalue weighted by Crippen LogP contribution is 2.31.